The van der Waals surface area contributed by atoms with E-state index < -0.39 is 16.4 Å². The van der Waals surface area contributed by atoms with Gasteiger partial charge < -0.3 is 9.64 Å². The first-order valence-corrected chi connectivity index (χ1v) is 13.7. The minimum Gasteiger partial charge on any atom is -0.444 e. The third kappa shape index (κ3) is 5.94. The van der Waals surface area contributed by atoms with E-state index in [0.29, 0.717) is 28.8 Å². The number of benzene rings is 1. The summed E-state index contributed by atoms with van der Waals surface area (Å²) in [6.45, 7) is 12.3. The second-order valence-electron chi connectivity index (χ2n) is 11.4. The summed E-state index contributed by atoms with van der Waals surface area (Å²) in [5.74, 6) is 0.645. The lowest BCUT2D eigenvalue weighted by Crippen LogP contribution is -2.42. The molecule has 0 aromatic heterocycles. The molecule has 1 saturated carbocycles. The molecule has 1 aromatic rings. The fourth-order valence-corrected chi connectivity index (χ4v) is 6.28. The summed E-state index contributed by atoms with van der Waals surface area (Å²) < 4.78 is 33.4. The molecular weight excluding hydrogens is 493 g/mol. The maximum Gasteiger partial charge on any atom is 0.410 e. The average Bonchev–Trinajstić information content (AvgIpc) is 3.36. The molecule has 3 atom stereocenters. The van der Waals surface area contributed by atoms with Gasteiger partial charge in [-0.05, 0) is 113 Å². The Balaban J connectivity index is 1.84. The van der Waals surface area contributed by atoms with Gasteiger partial charge in [-0.15, -0.1) is 0 Å². The number of carbonyl (C=O) groups is 1. The van der Waals surface area contributed by atoms with Crippen LogP contribution < -0.4 is 0 Å². The van der Waals surface area contributed by atoms with Gasteiger partial charge in [0.15, 0.2) is 0 Å². The third-order valence-electron chi connectivity index (χ3n) is 6.65. The smallest absolute Gasteiger partial charge is 0.410 e. The number of amides is 1. The monoisotopic (exact) mass is 529 g/mol. The molecule has 0 radical (unpaired) electrons. The number of hydrogen-bond acceptors (Lipinski definition) is 3. The molecule has 1 aromatic carbocycles. The highest BCUT2D eigenvalue weighted by Crippen LogP contribution is 2.60. The van der Waals surface area contributed by atoms with E-state index in [1.807, 2.05) is 52.5 Å². The zero-order valence-electron chi connectivity index (χ0n) is 20.2. The molecule has 4 nitrogen and oxygen atoms in total. The zero-order valence-corrected chi connectivity index (χ0v) is 22.6. The van der Waals surface area contributed by atoms with Gasteiger partial charge in [0.1, 0.15) is 11.4 Å². The lowest BCUT2D eigenvalue weighted by Gasteiger charge is -2.31. The Hall–Kier alpha value is -0.950. The number of likely N-dealkylation sites (tertiary alicyclic amines) is 1. The summed E-state index contributed by atoms with van der Waals surface area (Å²) in [5, 5.41) is 0. The minimum atomic E-state index is -0.900. The maximum absolute atomic E-state index is 14.9. The largest absolute Gasteiger partial charge is 0.444 e. The van der Waals surface area contributed by atoms with Crippen molar-refractivity contribution in [3.05, 3.63) is 34.1 Å². The van der Waals surface area contributed by atoms with Gasteiger partial charge in [-0.25, -0.2) is 9.18 Å². The SMILES string of the molecule is CC(C)(C)OC(=O)N1CC2(CC2)[C@H](CCC[S@](=O)C(C)(C)C)[C@@H]1Cc1cccc(Br)c1F. The Morgan fingerprint density at radius 2 is 1.91 bits per heavy atom. The van der Waals surface area contributed by atoms with E-state index >= 15 is 0 Å². The number of rotatable bonds is 6. The van der Waals surface area contributed by atoms with Crippen LogP contribution in [0.4, 0.5) is 9.18 Å². The van der Waals surface area contributed by atoms with Gasteiger partial charge in [0.2, 0.25) is 0 Å². The van der Waals surface area contributed by atoms with E-state index in [0.717, 1.165) is 25.7 Å². The Bertz CT molecular complexity index is 873. The van der Waals surface area contributed by atoms with Crippen LogP contribution in [0.1, 0.15) is 72.8 Å². The lowest BCUT2D eigenvalue weighted by molar-refractivity contribution is 0.0203. The van der Waals surface area contributed by atoms with Crippen LogP contribution in [0.2, 0.25) is 0 Å². The van der Waals surface area contributed by atoms with Crippen molar-refractivity contribution < 1.29 is 18.1 Å². The fraction of sp³-hybridized carbons (Fsp3) is 0.720. The molecule has 1 heterocycles. The van der Waals surface area contributed by atoms with Gasteiger partial charge >= 0.3 is 6.09 Å². The maximum atomic E-state index is 14.9. The second-order valence-corrected chi connectivity index (χ2v) is 14.5. The summed E-state index contributed by atoms with van der Waals surface area (Å²) in [6, 6.07) is 5.21. The Morgan fingerprint density at radius 3 is 2.47 bits per heavy atom. The van der Waals surface area contributed by atoms with Crippen molar-refractivity contribution in [1.29, 1.82) is 0 Å². The molecule has 0 bridgehead atoms. The normalized spacial score (nSPS) is 23.4. The summed E-state index contributed by atoms with van der Waals surface area (Å²) >= 11 is 3.29. The van der Waals surface area contributed by atoms with Gasteiger partial charge in [-0.1, -0.05) is 12.1 Å². The number of hydrogen-bond donors (Lipinski definition) is 0. The molecule has 1 saturated heterocycles. The standard InChI is InChI=1S/C25H37BrFNO3S/c1-23(2,3)31-22(29)28-16-25(12-13-25)18(10-8-14-32(30)24(4,5)6)20(28)15-17-9-7-11-19(26)21(17)27/h7,9,11,18,20H,8,10,12-16H2,1-6H3/t18-,20+,32+/m1/s1. The molecule has 1 spiro atoms. The van der Waals surface area contributed by atoms with Crippen LogP contribution in [0.25, 0.3) is 0 Å². The van der Waals surface area contributed by atoms with E-state index in [1.54, 1.807) is 12.1 Å². The van der Waals surface area contributed by atoms with Crippen LogP contribution in [0, 0.1) is 17.2 Å². The summed E-state index contributed by atoms with van der Waals surface area (Å²) in [5.41, 5.74) is 0.118. The minimum absolute atomic E-state index is 0.0906. The molecule has 180 valence electrons. The van der Waals surface area contributed by atoms with Gasteiger partial charge in [0.25, 0.3) is 0 Å². The highest BCUT2D eigenvalue weighted by Gasteiger charge is 2.60. The molecular formula is C25H37BrFNO3S. The van der Waals surface area contributed by atoms with Crippen LogP contribution in [-0.4, -0.2) is 43.9 Å². The second kappa shape index (κ2) is 9.36. The molecule has 1 amide bonds. The summed E-state index contributed by atoms with van der Waals surface area (Å²) in [4.78, 5) is 15.0. The fourth-order valence-electron chi connectivity index (χ4n) is 4.83. The van der Waals surface area contributed by atoms with Crippen LogP contribution in [0.5, 0.6) is 0 Å². The first-order chi connectivity index (χ1) is 14.7. The predicted octanol–water partition coefficient (Wildman–Crippen LogP) is 6.47. The zero-order chi connectivity index (χ0) is 23.9. The summed E-state index contributed by atoms with van der Waals surface area (Å²) in [7, 11) is -0.900. The molecule has 3 rings (SSSR count). The van der Waals surface area contributed by atoms with Crippen molar-refractivity contribution in [2.24, 2.45) is 11.3 Å². The molecule has 32 heavy (non-hydrogen) atoms. The molecule has 0 N–H and O–H groups in total. The van der Waals surface area contributed by atoms with Gasteiger partial charge in [0, 0.05) is 33.9 Å². The highest BCUT2D eigenvalue weighted by atomic mass is 79.9. The van der Waals surface area contributed by atoms with E-state index in [-0.39, 0.29) is 34.0 Å². The molecule has 1 aliphatic heterocycles. The first-order valence-electron chi connectivity index (χ1n) is 11.5. The Labute approximate surface area is 203 Å². The van der Waals surface area contributed by atoms with Crippen LogP contribution >= 0.6 is 15.9 Å². The van der Waals surface area contributed by atoms with Crippen molar-refractivity contribution in [2.75, 3.05) is 12.3 Å². The van der Waals surface area contributed by atoms with Crippen molar-refractivity contribution in [2.45, 2.75) is 90.0 Å². The van der Waals surface area contributed by atoms with Gasteiger partial charge in [0.05, 0.1) is 4.47 Å². The van der Waals surface area contributed by atoms with E-state index in [9.17, 15) is 13.4 Å². The van der Waals surface area contributed by atoms with Crippen molar-refractivity contribution >= 4 is 32.8 Å². The topological polar surface area (TPSA) is 46.6 Å². The summed E-state index contributed by atoms with van der Waals surface area (Å²) in [6.07, 6.45) is 4.04. The quantitative estimate of drug-likeness (QED) is 0.423. The van der Waals surface area contributed by atoms with Crippen molar-refractivity contribution in [1.82, 2.24) is 4.90 Å². The number of nitrogens with zero attached hydrogens (tertiary/aromatic N) is 1. The van der Waals surface area contributed by atoms with Gasteiger partial charge in [-0.2, -0.15) is 0 Å². The van der Waals surface area contributed by atoms with Crippen LogP contribution in [0.3, 0.4) is 0 Å². The Morgan fingerprint density at radius 1 is 1.25 bits per heavy atom. The van der Waals surface area contributed by atoms with E-state index in [2.05, 4.69) is 15.9 Å². The molecule has 1 aliphatic carbocycles. The van der Waals surface area contributed by atoms with E-state index in [1.165, 1.54) is 0 Å². The Kier molecular flexibility index (Phi) is 7.51. The van der Waals surface area contributed by atoms with E-state index in [4.69, 9.17) is 4.74 Å². The van der Waals surface area contributed by atoms with Crippen LogP contribution in [-0.2, 0) is 22.0 Å². The van der Waals surface area contributed by atoms with Crippen LogP contribution in [0.15, 0.2) is 22.7 Å². The van der Waals surface area contributed by atoms with Crippen molar-refractivity contribution in [3.63, 3.8) is 0 Å². The van der Waals surface area contributed by atoms with Gasteiger partial charge in [-0.3, -0.25) is 4.21 Å². The number of ether oxygens (including phenoxy) is 1. The average molecular weight is 531 g/mol. The predicted molar refractivity (Wildman–Crippen MR) is 132 cm³/mol. The molecule has 2 aliphatic rings. The first kappa shape index (κ1) is 25.7. The molecule has 7 heteroatoms. The van der Waals surface area contributed by atoms with Crippen molar-refractivity contribution in [3.8, 4) is 0 Å². The molecule has 0 unspecified atom stereocenters. The number of halogens is 2. The molecule has 2 fully saturated rings. The number of carbonyl (C=O) groups excluding carboxylic acids is 1. The lowest BCUT2D eigenvalue weighted by atomic mass is 9.82. The third-order valence-corrected chi connectivity index (χ3v) is 9.28. The highest BCUT2D eigenvalue weighted by molar-refractivity contribution is 9.10.